The summed E-state index contributed by atoms with van der Waals surface area (Å²) in [5.74, 6) is 2.34. The van der Waals surface area contributed by atoms with Crippen molar-refractivity contribution in [1.82, 2.24) is 9.55 Å². The van der Waals surface area contributed by atoms with Crippen LogP contribution in [0.4, 0.5) is 0 Å². The molecule has 0 atom stereocenters. The molecule has 0 radical (unpaired) electrons. The van der Waals surface area contributed by atoms with E-state index in [0.29, 0.717) is 23.6 Å². The Morgan fingerprint density at radius 3 is 2.54 bits per heavy atom. The third-order valence-corrected chi connectivity index (χ3v) is 4.05. The number of rotatable bonds is 5. The van der Waals surface area contributed by atoms with E-state index in [1.807, 2.05) is 36.4 Å². The van der Waals surface area contributed by atoms with Crippen molar-refractivity contribution in [2.24, 2.45) is 0 Å². The average molecular weight is 321 g/mol. The second kappa shape index (κ2) is 6.63. The molecule has 5 nitrogen and oxygen atoms in total. The van der Waals surface area contributed by atoms with Crippen LogP contribution in [0.25, 0.3) is 11.0 Å². The van der Waals surface area contributed by atoms with E-state index in [4.69, 9.17) is 19.7 Å². The molecule has 0 saturated carbocycles. The molecule has 0 N–H and O–H groups in total. The number of ether oxygens (including phenoxy) is 2. The van der Waals surface area contributed by atoms with Gasteiger partial charge in [0.05, 0.1) is 36.9 Å². The van der Waals surface area contributed by atoms with Crippen LogP contribution < -0.4 is 9.47 Å². The lowest BCUT2D eigenvalue weighted by atomic mass is 10.1. The van der Waals surface area contributed by atoms with Gasteiger partial charge in [0.2, 0.25) is 0 Å². The summed E-state index contributed by atoms with van der Waals surface area (Å²) in [4.78, 5) is 4.72. The second-order valence-corrected chi connectivity index (χ2v) is 5.48. The lowest BCUT2D eigenvalue weighted by Crippen LogP contribution is -2.04. The van der Waals surface area contributed by atoms with Gasteiger partial charge in [-0.25, -0.2) is 4.98 Å². The summed E-state index contributed by atoms with van der Waals surface area (Å²) in [5, 5.41) is 9.09. The van der Waals surface area contributed by atoms with Gasteiger partial charge in [-0.15, -0.1) is 0 Å². The summed E-state index contributed by atoms with van der Waals surface area (Å²) in [7, 11) is 3.25. The lowest BCUT2D eigenvalue weighted by Gasteiger charge is -2.11. The van der Waals surface area contributed by atoms with Gasteiger partial charge < -0.3 is 14.0 Å². The molecule has 0 bridgehead atoms. The van der Waals surface area contributed by atoms with Gasteiger partial charge in [0, 0.05) is 25.1 Å². The van der Waals surface area contributed by atoms with E-state index < -0.39 is 0 Å². The molecule has 122 valence electrons. The van der Waals surface area contributed by atoms with E-state index in [2.05, 4.69) is 17.6 Å². The fourth-order valence-electron chi connectivity index (χ4n) is 2.87. The Hall–Kier alpha value is -3.00. The van der Waals surface area contributed by atoms with Crippen molar-refractivity contribution in [2.75, 3.05) is 14.2 Å². The topological polar surface area (TPSA) is 60.1 Å². The molecule has 2 aromatic carbocycles. The maximum Gasteiger partial charge on any atom is 0.163 e. The van der Waals surface area contributed by atoms with Gasteiger partial charge in [-0.2, -0.15) is 5.26 Å². The van der Waals surface area contributed by atoms with Crippen molar-refractivity contribution in [3.63, 3.8) is 0 Å². The minimum absolute atomic E-state index is 0.657. The zero-order chi connectivity index (χ0) is 17.1. The average Bonchev–Trinajstić information content (AvgIpc) is 2.97. The van der Waals surface area contributed by atoms with Crippen LogP contribution in [0.3, 0.4) is 0 Å². The number of hydrogen-bond donors (Lipinski definition) is 0. The van der Waals surface area contributed by atoms with Gasteiger partial charge >= 0.3 is 0 Å². The van der Waals surface area contributed by atoms with Crippen molar-refractivity contribution in [2.45, 2.75) is 19.9 Å². The molecule has 5 heteroatoms. The minimum atomic E-state index is 0.657. The predicted octanol–water partition coefficient (Wildman–Crippen LogP) is 3.54. The Balaban J connectivity index is 2.13. The van der Waals surface area contributed by atoms with Crippen molar-refractivity contribution in [3.8, 4) is 17.6 Å². The molecule has 0 aliphatic rings. The molecule has 0 saturated heterocycles. The Bertz CT molecular complexity index is 922. The summed E-state index contributed by atoms with van der Waals surface area (Å²) in [5.41, 5.74) is 3.60. The molecule has 1 aromatic heterocycles. The smallest absolute Gasteiger partial charge is 0.163 e. The SMILES string of the molecule is CCc1nc2cc(OC)c(OC)cc2n1Cc1cccc(C#N)c1. The number of aryl methyl sites for hydroxylation is 1. The third-order valence-electron chi connectivity index (χ3n) is 4.05. The normalized spacial score (nSPS) is 10.6. The highest BCUT2D eigenvalue weighted by atomic mass is 16.5. The standard InChI is InChI=1S/C19H19N3O2/c1-4-19-21-15-9-17(23-2)18(24-3)10-16(15)22(19)12-14-7-5-6-13(8-14)11-20/h5-10H,4,12H2,1-3H3. The van der Waals surface area contributed by atoms with Gasteiger partial charge in [0.1, 0.15) is 5.82 Å². The van der Waals surface area contributed by atoms with Gasteiger partial charge in [-0.3, -0.25) is 0 Å². The highest BCUT2D eigenvalue weighted by molar-refractivity contribution is 5.80. The van der Waals surface area contributed by atoms with Crippen molar-refractivity contribution in [3.05, 3.63) is 53.3 Å². The van der Waals surface area contributed by atoms with Gasteiger partial charge in [-0.05, 0) is 17.7 Å². The molecule has 1 heterocycles. The first-order valence-corrected chi connectivity index (χ1v) is 7.80. The summed E-state index contributed by atoms with van der Waals surface area (Å²) in [6.07, 6.45) is 0.817. The highest BCUT2D eigenvalue weighted by Gasteiger charge is 2.14. The Morgan fingerprint density at radius 2 is 1.88 bits per heavy atom. The number of methoxy groups -OCH3 is 2. The van der Waals surface area contributed by atoms with E-state index in [-0.39, 0.29) is 0 Å². The van der Waals surface area contributed by atoms with Crippen LogP contribution in [0.15, 0.2) is 36.4 Å². The summed E-state index contributed by atoms with van der Waals surface area (Å²) in [6, 6.07) is 13.7. The number of fused-ring (bicyclic) bond motifs is 1. The van der Waals surface area contributed by atoms with Crippen LogP contribution >= 0.6 is 0 Å². The zero-order valence-corrected chi connectivity index (χ0v) is 14.0. The maximum atomic E-state index is 9.09. The van der Waals surface area contributed by atoms with E-state index in [0.717, 1.165) is 28.8 Å². The number of imidazole rings is 1. The summed E-state index contributed by atoms with van der Waals surface area (Å²) in [6.45, 7) is 2.74. The van der Waals surface area contributed by atoms with Crippen molar-refractivity contribution < 1.29 is 9.47 Å². The van der Waals surface area contributed by atoms with Crippen LogP contribution in [0.1, 0.15) is 23.9 Å². The van der Waals surface area contributed by atoms with Gasteiger partial charge in [-0.1, -0.05) is 19.1 Å². The molecule has 3 rings (SSSR count). The fourth-order valence-corrected chi connectivity index (χ4v) is 2.87. The quantitative estimate of drug-likeness (QED) is 0.721. The molecule has 24 heavy (non-hydrogen) atoms. The van der Waals surface area contributed by atoms with E-state index in [9.17, 15) is 0 Å². The van der Waals surface area contributed by atoms with Crippen LogP contribution in [0.2, 0.25) is 0 Å². The number of hydrogen-bond acceptors (Lipinski definition) is 4. The number of aromatic nitrogens is 2. The van der Waals surface area contributed by atoms with E-state index in [1.54, 1.807) is 14.2 Å². The summed E-state index contributed by atoms with van der Waals surface area (Å²) >= 11 is 0. The Kier molecular flexibility index (Phi) is 4.39. The maximum absolute atomic E-state index is 9.09. The van der Waals surface area contributed by atoms with Crippen LogP contribution in [-0.4, -0.2) is 23.8 Å². The summed E-state index contributed by atoms with van der Waals surface area (Å²) < 4.78 is 12.9. The minimum Gasteiger partial charge on any atom is -0.493 e. The molecular weight excluding hydrogens is 302 g/mol. The third kappa shape index (κ3) is 2.79. The van der Waals surface area contributed by atoms with Crippen molar-refractivity contribution in [1.29, 1.82) is 5.26 Å². The number of nitrogens with zero attached hydrogens (tertiary/aromatic N) is 3. The van der Waals surface area contributed by atoms with Gasteiger partial charge in [0.15, 0.2) is 11.5 Å². The fraction of sp³-hybridized carbons (Fsp3) is 0.263. The molecule has 0 amide bonds. The van der Waals surface area contributed by atoms with Crippen molar-refractivity contribution >= 4 is 11.0 Å². The van der Waals surface area contributed by atoms with Crippen LogP contribution in [0.5, 0.6) is 11.5 Å². The molecule has 0 aliphatic carbocycles. The largest absolute Gasteiger partial charge is 0.493 e. The van der Waals surface area contributed by atoms with E-state index >= 15 is 0 Å². The van der Waals surface area contributed by atoms with Crippen LogP contribution in [-0.2, 0) is 13.0 Å². The first-order chi connectivity index (χ1) is 11.7. The van der Waals surface area contributed by atoms with E-state index in [1.165, 1.54) is 0 Å². The molecule has 0 spiro atoms. The Morgan fingerprint density at radius 1 is 1.12 bits per heavy atom. The van der Waals surface area contributed by atoms with Crippen LogP contribution in [0, 0.1) is 11.3 Å². The number of nitriles is 1. The first-order valence-electron chi connectivity index (χ1n) is 7.80. The molecule has 0 fully saturated rings. The molecular formula is C19H19N3O2. The Labute approximate surface area is 141 Å². The first kappa shape index (κ1) is 15.9. The second-order valence-electron chi connectivity index (χ2n) is 5.48. The molecule has 0 aliphatic heterocycles. The zero-order valence-electron chi connectivity index (χ0n) is 14.0. The monoisotopic (exact) mass is 321 g/mol. The number of benzene rings is 2. The highest BCUT2D eigenvalue weighted by Crippen LogP contribution is 2.32. The van der Waals surface area contributed by atoms with Gasteiger partial charge in [0.25, 0.3) is 0 Å². The lowest BCUT2D eigenvalue weighted by molar-refractivity contribution is 0.355. The molecule has 3 aromatic rings. The molecule has 0 unspecified atom stereocenters. The predicted molar refractivity (Wildman–Crippen MR) is 92.5 cm³/mol.